The highest BCUT2D eigenvalue weighted by Gasteiger charge is 2.10. The molecule has 96 valence electrons. The van der Waals surface area contributed by atoms with E-state index < -0.39 is 0 Å². The van der Waals surface area contributed by atoms with E-state index in [0.717, 1.165) is 23.0 Å². The first kappa shape index (κ1) is 13.3. The van der Waals surface area contributed by atoms with Gasteiger partial charge in [0.2, 0.25) is 0 Å². The monoisotopic (exact) mass is 307 g/mol. The molecule has 0 aliphatic heterocycles. The molecule has 2 N–H and O–H groups in total. The van der Waals surface area contributed by atoms with Gasteiger partial charge in [-0.2, -0.15) is 5.10 Å². The first-order valence-electron chi connectivity index (χ1n) is 6.19. The highest BCUT2D eigenvalue weighted by molar-refractivity contribution is 9.10. The van der Waals surface area contributed by atoms with Crippen LogP contribution >= 0.6 is 15.9 Å². The normalized spacial score (nSPS) is 10.9. The molecular formula is C14H18BrN3. The van der Waals surface area contributed by atoms with Crippen LogP contribution < -0.4 is 5.73 Å². The number of hydrogen-bond donors (Lipinski definition) is 1. The molecule has 18 heavy (non-hydrogen) atoms. The van der Waals surface area contributed by atoms with Crippen LogP contribution in [0, 0.1) is 6.92 Å². The van der Waals surface area contributed by atoms with Crippen molar-refractivity contribution in [2.75, 3.05) is 6.54 Å². The molecule has 0 radical (unpaired) electrons. The first-order valence-corrected chi connectivity index (χ1v) is 6.99. The van der Waals surface area contributed by atoms with E-state index in [1.54, 1.807) is 0 Å². The molecule has 0 unspecified atom stereocenters. The SMILES string of the molecule is CCc1c(CCN)cnn1-c1ccc(C)c(Br)c1. The highest BCUT2D eigenvalue weighted by Crippen LogP contribution is 2.22. The molecule has 1 heterocycles. The molecule has 3 nitrogen and oxygen atoms in total. The third kappa shape index (κ3) is 2.49. The Labute approximate surface area is 116 Å². The van der Waals surface area contributed by atoms with Gasteiger partial charge in [0.15, 0.2) is 0 Å². The van der Waals surface area contributed by atoms with Gasteiger partial charge in [-0.15, -0.1) is 0 Å². The Hall–Kier alpha value is -1.13. The maximum Gasteiger partial charge on any atom is 0.0660 e. The van der Waals surface area contributed by atoms with Crippen LogP contribution in [0.15, 0.2) is 28.9 Å². The van der Waals surface area contributed by atoms with E-state index in [1.807, 2.05) is 10.9 Å². The molecule has 0 saturated carbocycles. The second kappa shape index (κ2) is 5.67. The lowest BCUT2D eigenvalue weighted by Crippen LogP contribution is -2.06. The number of nitrogens with zero attached hydrogens (tertiary/aromatic N) is 2. The Bertz CT molecular complexity index is 546. The van der Waals surface area contributed by atoms with Crippen LogP contribution in [-0.2, 0) is 12.8 Å². The molecule has 1 aromatic heterocycles. The Kier molecular flexibility index (Phi) is 4.19. The topological polar surface area (TPSA) is 43.8 Å². The van der Waals surface area contributed by atoms with Crippen LogP contribution in [-0.4, -0.2) is 16.3 Å². The van der Waals surface area contributed by atoms with Crippen molar-refractivity contribution in [3.05, 3.63) is 45.7 Å². The van der Waals surface area contributed by atoms with E-state index in [2.05, 4.69) is 53.1 Å². The van der Waals surface area contributed by atoms with E-state index in [0.29, 0.717) is 6.54 Å². The third-order valence-electron chi connectivity index (χ3n) is 3.10. The Morgan fingerprint density at radius 3 is 2.78 bits per heavy atom. The largest absolute Gasteiger partial charge is 0.330 e. The number of hydrogen-bond acceptors (Lipinski definition) is 2. The second-order valence-electron chi connectivity index (χ2n) is 4.35. The Morgan fingerprint density at radius 1 is 1.39 bits per heavy atom. The van der Waals surface area contributed by atoms with Crippen molar-refractivity contribution in [1.82, 2.24) is 9.78 Å². The van der Waals surface area contributed by atoms with Gasteiger partial charge in [-0.1, -0.05) is 28.9 Å². The second-order valence-corrected chi connectivity index (χ2v) is 5.21. The number of aromatic nitrogens is 2. The van der Waals surface area contributed by atoms with Gasteiger partial charge in [0.05, 0.1) is 11.9 Å². The van der Waals surface area contributed by atoms with Crippen LogP contribution in [0.4, 0.5) is 0 Å². The molecule has 0 spiro atoms. The van der Waals surface area contributed by atoms with Crippen molar-refractivity contribution in [2.24, 2.45) is 5.73 Å². The molecule has 0 aliphatic rings. The molecule has 0 atom stereocenters. The molecule has 2 rings (SSSR count). The van der Waals surface area contributed by atoms with Gasteiger partial charge in [0.1, 0.15) is 0 Å². The zero-order valence-corrected chi connectivity index (χ0v) is 12.4. The van der Waals surface area contributed by atoms with E-state index in [9.17, 15) is 0 Å². The lowest BCUT2D eigenvalue weighted by atomic mass is 10.1. The summed E-state index contributed by atoms with van der Waals surface area (Å²) in [6, 6.07) is 6.30. The molecule has 0 bridgehead atoms. The molecular weight excluding hydrogens is 290 g/mol. The fourth-order valence-corrected chi connectivity index (χ4v) is 2.45. The van der Waals surface area contributed by atoms with Gasteiger partial charge < -0.3 is 5.73 Å². The molecule has 0 saturated heterocycles. The van der Waals surface area contributed by atoms with Gasteiger partial charge >= 0.3 is 0 Å². The number of nitrogens with two attached hydrogens (primary N) is 1. The van der Waals surface area contributed by atoms with Crippen molar-refractivity contribution in [3.63, 3.8) is 0 Å². The Morgan fingerprint density at radius 2 is 2.17 bits per heavy atom. The van der Waals surface area contributed by atoms with Crippen LogP contribution in [0.2, 0.25) is 0 Å². The van der Waals surface area contributed by atoms with Gasteiger partial charge in [-0.05, 0) is 49.6 Å². The summed E-state index contributed by atoms with van der Waals surface area (Å²) in [6.45, 7) is 4.89. The average molecular weight is 308 g/mol. The summed E-state index contributed by atoms with van der Waals surface area (Å²) in [5.41, 5.74) is 10.4. The molecule has 1 aromatic carbocycles. The van der Waals surface area contributed by atoms with Crippen LogP contribution in [0.3, 0.4) is 0 Å². The predicted molar refractivity (Wildman–Crippen MR) is 78.1 cm³/mol. The molecule has 0 aliphatic carbocycles. The van der Waals surface area contributed by atoms with Crippen LogP contribution in [0.25, 0.3) is 5.69 Å². The van der Waals surface area contributed by atoms with Gasteiger partial charge in [-0.3, -0.25) is 0 Å². The van der Waals surface area contributed by atoms with E-state index >= 15 is 0 Å². The summed E-state index contributed by atoms with van der Waals surface area (Å²) in [5, 5.41) is 4.49. The van der Waals surface area contributed by atoms with Crippen molar-refractivity contribution >= 4 is 15.9 Å². The van der Waals surface area contributed by atoms with Gasteiger partial charge in [-0.25, -0.2) is 4.68 Å². The van der Waals surface area contributed by atoms with E-state index in [4.69, 9.17) is 5.73 Å². The number of aryl methyl sites for hydroxylation is 1. The molecule has 2 aromatic rings. The fourth-order valence-electron chi connectivity index (χ4n) is 2.08. The molecule has 0 amide bonds. The van der Waals surface area contributed by atoms with Gasteiger partial charge in [0.25, 0.3) is 0 Å². The summed E-state index contributed by atoms with van der Waals surface area (Å²) in [4.78, 5) is 0. The minimum Gasteiger partial charge on any atom is -0.330 e. The predicted octanol–water partition coefficient (Wildman–Crippen LogP) is 3.01. The third-order valence-corrected chi connectivity index (χ3v) is 3.96. The quantitative estimate of drug-likeness (QED) is 0.943. The summed E-state index contributed by atoms with van der Waals surface area (Å²) >= 11 is 3.57. The van der Waals surface area contributed by atoms with E-state index in [1.165, 1.54) is 16.8 Å². The highest BCUT2D eigenvalue weighted by atomic mass is 79.9. The lowest BCUT2D eigenvalue weighted by Gasteiger charge is -2.09. The van der Waals surface area contributed by atoms with Crippen molar-refractivity contribution in [1.29, 1.82) is 0 Å². The van der Waals surface area contributed by atoms with Crippen LogP contribution in [0.1, 0.15) is 23.7 Å². The van der Waals surface area contributed by atoms with Crippen molar-refractivity contribution < 1.29 is 0 Å². The maximum absolute atomic E-state index is 5.63. The molecule has 0 fully saturated rings. The van der Waals surface area contributed by atoms with Crippen LogP contribution in [0.5, 0.6) is 0 Å². The zero-order valence-electron chi connectivity index (χ0n) is 10.8. The summed E-state index contributed by atoms with van der Waals surface area (Å²) in [5.74, 6) is 0. The van der Waals surface area contributed by atoms with E-state index in [-0.39, 0.29) is 0 Å². The van der Waals surface area contributed by atoms with Crippen molar-refractivity contribution in [2.45, 2.75) is 26.7 Å². The average Bonchev–Trinajstić information content (AvgIpc) is 2.76. The smallest absolute Gasteiger partial charge is 0.0660 e. The standard InChI is InChI=1S/C14H18BrN3/c1-3-14-11(6-7-16)9-17-18(14)12-5-4-10(2)13(15)8-12/h4-5,8-9H,3,6-7,16H2,1-2H3. The summed E-state index contributed by atoms with van der Waals surface area (Å²) < 4.78 is 3.12. The zero-order chi connectivity index (χ0) is 13.1. The summed E-state index contributed by atoms with van der Waals surface area (Å²) in [6.07, 6.45) is 3.77. The maximum atomic E-state index is 5.63. The number of halogens is 1. The van der Waals surface area contributed by atoms with Gasteiger partial charge in [0, 0.05) is 10.2 Å². The number of rotatable bonds is 4. The minimum absolute atomic E-state index is 0.663. The molecule has 4 heteroatoms. The fraction of sp³-hybridized carbons (Fsp3) is 0.357. The lowest BCUT2D eigenvalue weighted by molar-refractivity contribution is 0.805. The van der Waals surface area contributed by atoms with Crippen molar-refractivity contribution in [3.8, 4) is 5.69 Å². The number of benzene rings is 1. The summed E-state index contributed by atoms with van der Waals surface area (Å²) in [7, 11) is 0. The first-order chi connectivity index (χ1) is 8.67. The minimum atomic E-state index is 0.663. The Balaban J connectivity index is 2.46.